The van der Waals surface area contributed by atoms with Crippen molar-refractivity contribution in [2.75, 3.05) is 40.0 Å². The van der Waals surface area contributed by atoms with Crippen LogP contribution >= 0.6 is 0 Å². The molecule has 2 aromatic carbocycles. The van der Waals surface area contributed by atoms with Crippen molar-refractivity contribution in [3.8, 4) is 5.75 Å². The lowest BCUT2D eigenvalue weighted by atomic mass is 10.0. The minimum Gasteiger partial charge on any atom is -0.497 e. The van der Waals surface area contributed by atoms with Gasteiger partial charge in [-0.1, -0.05) is 12.1 Å². The lowest BCUT2D eigenvalue weighted by Crippen LogP contribution is -2.43. The fourth-order valence-electron chi connectivity index (χ4n) is 3.16. The maximum absolute atomic E-state index is 13.9. The van der Waals surface area contributed by atoms with Crippen molar-refractivity contribution in [3.05, 3.63) is 59.7 Å². The Balaban J connectivity index is 1.84. The summed E-state index contributed by atoms with van der Waals surface area (Å²) in [4.78, 5) is 1.52. The predicted octanol–water partition coefficient (Wildman–Crippen LogP) is 2.33. The van der Waals surface area contributed by atoms with Gasteiger partial charge in [-0.25, -0.2) is 21.9 Å². The first-order valence-corrected chi connectivity index (χ1v) is 10.3. The largest absolute Gasteiger partial charge is 0.497 e. The highest BCUT2D eigenvalue weighted by Crippen LogP contribution is 2.25. The molecule has 28 heavy (non-hydrogen) atoms. The molecule has 1 heterocycles. The minimum absolute atomic E-state index is 0.0202. The first-order chi connectivity index (χ1) is 13.4. The quantitative estimate of drug-likeness (QED) is 0.756. The molecule has 9 heteroatoms. The van der Waals surface area contributed by atoms with Crippen LogP contribution in [0.1, 0.15) is 11.6 Å². The van der Waals surface area contributed by atoms with E-state index >= 15 is 0 Å². The van der Waals surface area contributed by atoms with E-state index in [0.29, 0.717) is 38.1 Å². The SMILES string of the molecule is COc1cccc([C@@H](CNS(=O)(=O)c2ccc(F)cc2F)N2CCOCC2)c1. The van der Waals surface area contributed by atoms with E-state index in [9.17, 15) is 17.2 Å². The van der Waals surface area contributed by atoms with Crippen LogP contribution in [0.2, 0.25) is 0 Å². The summed E-state index contributed by atoms with van der Waals surface area (Å²) in [5, 5.41) is 0. The molecule has 3 rings (SSSR count). The topological polar surface area (TPSA) is 67.9 Å². The number of hydrogen-bond donors (Lipinski definition) is 1. The fraction of sp³-hybridized carbons (Fsp3) is 0.368. The molecule has 0 aromatic heterocycles. The van der Waals surface area contributed by atoms with Gasteiger partial charge in [-0.3, -0.25) is 4.90 Å². The van der Waals surface area contributed by atoms with Crippen LogP contribution in [0.15, 0.2) is 47.4 Å². The third-order valence-corrected chi connectivity index (χ3v) is 6.07. The Morgan fingerprint density at radius 1 is 1.18 bits per heavy atom. The van der Waals surface area contributed by atoms with Crippen LogP contribution in [-0.2, 0) is 14.8 Å². The summed E-state index contributed by atoms with van der Waals surface area (Å²) in [6.45, 7) is 2.37. The smallest absolute Gasteiger partial charge is 0.243 e. The van der Waals surface area contributed by atoms with E-state index in [1.165, 1.54) is 0 Å². The van der Waals surface area contributed by atoms with Crippen molar-refractivity contribution < 1.29 is 26.7 Å². The van der Waals surface area contributed by atoms with Crippen LogP contribution in [-0.4, -0.2) is 53.3 Å². The molecule has 1 aliphatic heterocycles. The molecular weight excluding hydrogens is 390 g/mol. The predicted molar refractivity (Wildman–Crippen MR) is 99.7 cm³/mol. The molecule has 152 valence electrons. The summed E-state index contributed by atoms with van der Waals surface area (Å²) in [7, 11) is -2.59. The standard InChI is InChI=1S/C19H22F2N2O4S/c1-26-16-4-2-3-14(11-16)18(23-7-9-27-10-8-23)13-22-28(24,25)19-6-5-15(20)12-17(19)21/h2-6,11-12,18,22H,7-10,13H2,1H3/t18-/m1/s1. The van der Waals surface area contributed by atoms with E-state index in [2.05, 4.69) is 9.62 Å². The van der Waals surface area contributed by atoms with E-state index < -0.39 is 26.6 Å². The second kappa shape index (κ2) is 8.95. The number of hydrogen-bond acceptors (Lipinski definition) is 5. The maximum atomic E-state index is 13.9. The molecule has 2 aromatic rings. The number of methoxy groups -OCH3 is 1. The van der Waals surface area contributed by atoms with Gasteiger partial charge in [0.15, 0.2) is 0 Å². The van der Waals surface area contributed by atoms with E-state index in [1.54, 1.807) is 13.2 Å². The molecule has 1 N–H and O–H groups in total. The molecule has 6 nitrogen and oxygen atoms in total. The van der Waals surface area contributed by atoms with Crippen LogP contribution in [0.25, 0.3) is 0 Å². The molecule has 1 atom stereocenters. The van der Waals surface area contributed by atoms with Crippen molar-refractivity contribution >= 4 is 10.0 Å². The first kappa shape index (κ1) is 20.7. The maximum Gasteiger partial charge on any atom is 0.243 e. The molecule has 0 saturated carbocycles. The highest BCUT2D eigenvalue weighted by Gasteiger charge is 2.26. The minimum atomic E-state index is -4.15. The number of rotatable bonds is 7. The molecule has 1 fully saturated rings. The van der Waals surface area contributed by atoms with E-state index in [-0.39, 0.29) is 12.6 Å². The zero-order chi connectivity index (χ0) is 20.1. The van der Waals surface area contributed by atoms with E-state index in [4.69, 9.17) is 9.47 Å². The lowest BCUT2D eigenvalue weighted by Gasteiger charge is -2.35. The number of nitrogens with one attached hydrogen (secondary N) is 1. The molecule has 0 amide bonds. The van der Waals surface area contributed by atoms with Crippen LogP contribution in [0, 0.1) is 11.6 Å². The van der Waals surface area contributed by atoms with Gasteiger partial charge in [-0.15, -0.1) is 0 Å². The Morgan fingerprint density at radius 2 is 1.93 bits per heavy atom. The molecule has 1 saturated heterocycles. The van der Waals surface area contributed by atoms with Gasteiger partial charge >= 0.3 is 0 Å². The average molecular weight is 412 g/mol. The van der Waals surface area contributed by atoms with Gasteiger partial charge in [0, 0.05) is 31.7 Å². The molecule has 1 aliphatic rings. The number of benzene rings is 2. The van der Waals surface area contributed by atoms with Gasteiger partial charge in [0.05, 0.1) is 20.3 Å². The monoisotopic (exact) mass is 412 g/mol. The second-order valence-electron chi connectivity index (χ2n) is 6.37. The summed E-state index contributed by atoms with van der Waals surface area (Å²) in [6, 6.07) is 9.45. The number of halogens is 2. The van der Waals surface area contributed by atoms with E-state index in [0.717, 1.165) is 17.7 Å². The average Bonchev–Trinajstić information content (AvgIpc) is 2.69. The summed E-state index contributed by atoms with van der Waals surface area (Å²) >= 11 is 0. The van der Waals surface area contributed by atoms with Gasteiger partial charge in [-0.05, 0) is 29.8 Å². The number of ether oxygens (including phenoxy) is 2. The van der Waals surface area contributed by atoms with E-state index in [1.807, 2.05) is 18.2 Å². The van der Waals surface area contributed by atoms with Crippen molar-refractivity contribution in [2.45, 2.75) is 10.9 Å². The molecule has 0 aliphatic carbocycles. The van der Waals surface area contributed by atoms with Crippen LogP contribution in [0.4, 0.5) is 8.78 Å². The fourth-order valence-corrected chi connectivity index (χ4v) is 4.25. The van der Waals surface area contributed by atoms with Crippen LogP contribution in [0.3, 0.4) is 0 Å². The molecule has 0 spiro atoms. The highest BCUT2D eigenvalue weighted by molar-refractivity contribution is 7.89. The summed E-state index contributed by atoms with van der Waals surface area (Å²) < 4.78 is 65.3. The highest BCUT2D eigenvalue weighted by atomic mass is 32.2. The molecular formula is C19H22F2N2O4S. The first-order valence-electron chi connectivity index (χ1n) is 8.81. The van der Waals surface area contributed by atoms with Crippen LogP contribution in [0.5, 0.6) is 5.75 Å². The van der Waals surface area contributed by atoms with Crippen molar-refractivity contribution in [1.29, 1.82) is 0 Å². The third-order valence-electron chi connectivity index (χ3n) is 4.62. The zero-order valence-electron chi connectivity index (χ0n) is 15.4. The van der Waals surface area contributed by atoms with Crippen molar-refractivity contribution in [3.63, 3.8) is 0 Å². The Bertz CT molecular complexity index is 918. The van der Waals surface area contributed by atoms with Gasteiger partial charge in [0.2, 0.25) is 10.0 Å². The zero-order valence-corrected chi connectivity index (χ0v) is 16.2. The Morgan fingerprint density at radius 3 is 2.61 bits per heavy atom. The van der Waals surface area contributed by atoms with Gasteiger partial charge in [-0.2, -0.15) is 0 Å². The second-order valence-corrected chi connectivity index (χ2v) is 8.10. The number of morpholine rings is 1. The number of sulfonamides is 1. The summed E-state index contributed by atoms with van der Waals surface area (Å²) in [5.41, 5.74) is 0.864. The van der Waals surface area contributed by atoms with Crippen molar-refractivity contribution in [1.82, 2.24) is 9.62 Å². The third kappa shape index (κ3) is 4.85. The van der Waals surface area contributed by atoms with Crippen molar-refractivity contribution in [2.24, 2.45) is 0 Å². The molecule has 0 unspecified atom stereocenters. The Hall–Kier alpha value is -2.07. The van der Waals surface area contributed by atoms with Gasteiger partial charge < -0.3 is 9.47 Å². The molecule has 0 radical (unpaired) electrons. The Kier molecular flexibility index (Phi) is 6.61. The lowest BCUT2D eigenvalue weighted by molar-refractivity contribution is 0.0171. The van der Waals surface area contributed by atoms with Gasteiger partial charge in [0.1, 0.15) is 22.3 Å². The Labute approximate surface area is 163 Å². The summed E-state index contributed by atoms with van der Waals surface area (Å²) in [5.74, 6) is -1.31. The molecule has 0 bridgehead atoms. The normalized spacial score (nSPS) is 16.7. The number of nitrogens with zero attached hydrogens (tertiary/aromatic N) is 1. The summed E-state index contributed by atoms with van der Waals surface area (Å²) in [6.07, 6.45) is 0. The van der Waals surface area contributed by atoms with Crippen LogP contribution < -0.4 is 9.46 Å². The van der Waals surface area contributed by atoms with Gasteiger partial charge in [0.25, 0.3) is 0 Å².